The molecule has 0 spiro atoms. The maximum Gasteiger partial charge on any atom is 0.178 e. The molecule has 0 saturated heterocycles. The Balaban J connectivity index is 1.62. The molecule has 0 fully saturated rings. The average Bonchev–Trinajstić information content (AvgIpc) is 3.23. The summed E-state index contributed by atoms with van der Waals surface area (Å²) in [7, 11) is 0. The first kappa shape index (κ1) is 23.1. The van der Waals surface area contributed by atoms with Crippen molar-refractivity contribution in [2.75, 3.05) is 16.5 Å². The molecule has 1 aliphatic heterocycles. The summed E-state index contributed by atoms with van der Waals surface area (Å²) in [6.07, 6.45) is 1.98. The van der Waals surface area contributed by atoms with Gasteiger partial charge < -0.3 is 9.80 Å². The van der Waals surface area contributed by atoms with Gasteiger partial charge in [-0.1, -0.05) is 93.4 Å². The molecule has 0 aliphatic carbocycles. The number of aryl methyl sites for hydroxylation is 2. The molecule has 0 N–H and O–H groups in total. The van der Waals surface area contributed by atoms with Crippen molar-refractivity contribution < 1.29 is 0 Å². The number of nitrogens with zero attached hydrogens (tertiary/aromatic N) is 4. The minimum absolute atomic E-state index is 0.151. The molecular weight excluding hydrogens is 428 g/mol. The third-order valence-electron chi connectivity index (χ3n) is 7.81. The summed E-state index contributed by atoms with van der Waals surface area (Å²) in [6.45, 7) is 14.2. The molecule has 178 valence electrons. The molecule has 0 saturated carbocycles. The maximum absolute atomic E-state index is 5.32. The van der Waals surface area contributed by atoms with E-state index in [1.807, 2.05) is 18.3 Å². The quantitative estimate of drug-likeness (QED) is 0.306. The first-order chi connectivity index (χ1) is 16.7. The topological polar surface area (TPSA) is 32.3 Å². The van der Waals surface area contributed by atoms with Crippen LogP contribution >= 0.6 is 0 Å². The summed E-state index contributed by atoms with van der Waals surface area (Å²) in [5, 5.41) is 0. The minimum atomic E-state index is -0.252. The number of hydrogen-bond acceptors (Lipinski definition) is 4. The largest absolute Gasteiger partial charge is 0.305 e. The molecule has 4 heteroatoms. The number of benzene rings is 3. The molecule has 0 unspecified atom stereocenters. The van der Waals surface area contributed by atoms with Crippen LogP contribution in [0.1, 0.15) is 50.1 Å². The second kappa shape index (κ2) is 8.53. The molecule has 4 nitrogen and oxygen atoms in total. The van der Waals surface area contributed by atoms with E-state index >= 15 is 0 Å². The van der Waals surface area contributed by atoms with Gasteiger partial charge in [0.25, 0.3) is 0 Å². The second-order valence-corrected chi connectivity index (χ2v) is 10.7. The number of hydrogen-bond donors (Lipinski definition) is 0. The van der Waals surface area contributed by atoms with Gasteiger partial charge in [0.2, 0.25) is 0 Å². The number of rotatable bonds is 5. The van der Waals surface area contributed by atoms with E-state index in [4.69, 9.17) is 9.97 Å². The maximum atomic E-state index is 5.32. The standard InChI is InChI=1S/C31H34N4/c1-22-17-23(2)19-24(18-22)30(3,4)31(5,6)27-20-32-28-29(33-27)35(26-15-11-8-12-16-26)21-34(28)25-13-9-7-10-14-25/h7-20H,21H2,1-6H3. The van der Waals surface area contributed by atoms with E-state index in [0.717, 1.165) is 28.7 Å². The van der Waals surface area contributed by atoms with Crippen LogP contribution in [-0.2, 0) is 10.8 Å². The van der Waals surface area contributed by atoms with Crippen molar-refractivity contribution in [3.8, 4) is 0 Å². The summed E-state index contributed by atoms with van der Waals surface area (Å²) in [5.41, 5.74) is 6.73. The molecular formula is C31H34N4. The highest BCUT2D eigenvalue weighted by Crippen LogP contribution is 2.47. The van der Waals surface area contributed by atoms with Crippen molar-refractivity contribution in [1.29, 1.82) is 0 Å². The van der Waals surface area contributed by atoms with Crippen LogP contribution < -0.4 is 9.80 Å². The van der Waals surface area contributed by atoms with Crippen LogP contribution in [0.25, 0.3) is 0 Å². The molecule has 0 bridgehead atoms. The lowest BCUT2D eigenvalue weighted by Gasteiger charge is -2.42. The molecule has 2 heterocycles. The van der Waals surface area contributed by atoms with Gasteiger partial charge in [-0.25, -0.2) is 9.97 Å². The summed E-state index contributed by atoms with van der Waals surface area (Å²) < 4.78 is 0. The van der Waals surface area contributed by atoms with Gasteiger partial charge >= 0.3 is 0 Å². The average molecular weight is 463 g/mol. The fourth-order valence-electron chi connectivity index (χ4n) is 4.96. The van der Waals surface area contributed by atoms with E-state index in [2.05, 4.69) is 118 Å². The number of anilines is 4. The predicted molar refractivity (Wildman–Crippen MR) is 146 cm³/mol. The molecule has 3 aromatic carbocycles. The van der Waals surface area contributed by atoms with E-state index in [1.54, 1.807) is 0 Å². The van der Waals surface area contributed by atoms with Crippen molar-refractivity contribution in [1.82, 2.24) is 9.97 Å². The first-order valence-corrected chi connectivity index (χ1v) is 12.3. The van der Waals surface area contributed by atoms with Gasteiger partial charge in [-0.15, -0.1) is 0 Å². The number of aromatic nitrogens is 2. The zero-order chi connectivity index (χ0) is 24.8. The van der Waals surface area contributed by atoms with E-state index in [-0.39, 0.29) is 10.8 Å². The van der Waals surface area contributed by atoms with Crippen LogP contribution in [0.15, 0.2) is 85.1 Å². The molecule has 0 amide bonds. The Bertz CT molecular complexity index is 1320. The Morgan fingerprint density at radius 1 is 0.657 bits per heavy atom. The zero-order valence-electron chi connectivity index (χ0n) is 21.6. The molecule has 35 heavy (non-hydrogen) atoms. The highest BCUT2D eigenvalue weighted by molar-refractivity contribution is 5.81. The monoisotopic (exact) mass is 462 g/mol. The lowest BCUT2D eigenvalue weighted by molar-refractivity contribution is 0.294. The van der Waals surface area contributed by atoms with Crippen LogP contribution in [0.5, 0.6) is 0 Å². The lowest BCUT2D eigenvalue weighted by Crippen LogP contribution is -2.41. The SMILES string of the molecule is Cc1cc(C)cc(C(C)(C)C(C)(C)c2cnc3c(n2)N(c2ccccc2)CN3c2ccccc2)c1. The molecule has 4 aromatic rings. The van der Waals surface area contributed by atoms with Crippen LogP contribution in [0, 0.1) is 13.8 Å². The lowest BCUT2D eigenvalue weighted by atomic mass is 9.62. The van der Waals surface area contributed by atoms with E-state index < -0.39 is 0 Å². The van der Waals surface area contributed by atoms with Gasteiger partial charge in [0.05, 0.1) is 11.9 Å². The van der Waals surface area contributed by atoms with E-state index in [9.17, 15) is 0 Å². The van der Waals surface area contributed by atoms with Gasteiger partial charge in [-0.05, 0) is 43.7 Å². The summed E-state index contributed by atoms with van der Waals surface area (Å²) in [5.74, 6) is 1.80. The van der Waals surface area contributed by atoms with Crippen molar-refractivity contribution >= 4 is 23.0 Å². The first-order valence-electron chi connectivity index (χ1n) is 12.3. The predicted octanol–water partition coefficient (Wildman–Crippen LogP) is 7.60. The van der Waals surface area contributed by atoms with Gasteiger partial charge in [0, 0.05) is 22.2 Å². The summed E-state index contributed by atoms with van der Waals surface area (Å²) in [4.78, 5) is 14.8. The van der Waals surface area contributed by atoms with Crippen LogP contribution in [-0.4, -0.2) is 16.6 Å². The van der Waals surface area contributed by atoms with Crippen LogP contribution in [0.2, 0.25) is 0 Å². The Hall–Kier alpha value is -3.66. The molecule has 1 aromatic heterocycles. The van der Waals surface area contributed by atoms with Gasteiger partial charge in [-0.3, -0.25) is 0 Å². The van der Waals surface area contributed by atoms with E-state index in [0.29, 0.717) is 6.67 Å². The Morgan fingerprint density at radius 2 is 1.17 bits per heavy atom. The smallest absolute Gasteiger partial charge is 0.178 e. The normalized spacial score (nSPS) is 13.8. The van der Waals surface area contributed by atoms with E-state index in [1.165, 1.54) is 16.7 Å². The Kier molecular flexibility index (Phi) is 5.63. The van der Waals surface area contributed by atoms with Crippen LogP contribution in [0.3, 0.4) is 0 Å². The number of fused-ring (bicyclic) bond motifs is 1. The van der Waals surface area contributed by atoms with Crippen molar-refractivity contribution in [2.45, 2.75) is 52.4 Å². The van der Waals surface area contributed by atoms with Gasteiger partial charge in [0.1, 0.15) is 6.67 Å². The third-order valence-corrected chi connectivity index (χ3v) is 7.81. The molecule has 1 aliphatic rings. The summed E-state index contributed by atoms with van der Waals surface area (Å²) >= 11 is 0. The van der Waals surface area contributed by atoms with Crippen molar-refractivity contribution in [3.63, 3.8) is 0 Å². The fraction of sp³-hybridized carbons (Fsp3) is 0.290. The molecule has 0 radical (unpaired) electrons. The Labute approximate surface area is 209 Å². The highest BCUT2D eigenvalue weighted by Gasteiger charge is 2.43. The highest BCUT2D eigenvalue weighted by atomic mass is 15.4. The molecule has 5 rings (SSSR count). The zero-order valence-corrected chi connectivity index (χ0v) is 21.6. The second-order valence-electron chi connectivity index (χ2n) is 10.7. The number of para-hydroxylation sites is 2. The Morgan fingerprint density at radius 3 is 1.71 bits per heavy atom. The third kappa shape index (κ3) is 3.97. The summed E-state index contributed by atoms with van der Waals surface area (Å²) in [6, 6.07) is 27.7. The van der Waals surface area contributed by atoms with Gasteiger partial charge in [-0.2, -0.15) is 0 Å². The van der Waals surface area contributed by atoms with Gasteiger partial charge in [0.15, 0.2) is 11.6 Å². The minimum Gasteiger partial charge on any atom is -0.305 e. The van der Waals surface area contributed by atoms with Crippen LogP contribution in [0.4, 0.5) is 23.0 Å². The van der Waals surface area contributed by atoms with Crippen molar-refractivity contribution in [3.05, 3.63) is 107 Å². The fourth-order valence-corrected chi connectivity index (χ4v) is 4.96. The molecule has 0 atom stereocenters. The van der Waals surface area contributed by atoms with Crippen molar-refractivity contribution in [2.24, 2.45) is 0 Å².